The van der Waals surface area contributed by atoms with Crippen LogP contribution in [0.5, 0.6) is 5.75 Å². The van der Waals surface area contributed by atoms with Gasteiger partial charge in [0.25, 0.3) is 0 Å². The molecule has 0 spiro atoms. The fraction of sp³-hybridized carbons (Fsp3) is 0.278. The summed E-state index contributed by atoms with van der Waals surface area (Å²) in [6.07, 6.45) is 0. The molecule has 2 aromatic carbocycles. The Hall–Kier alpha value is -1.76. The van der Waals surface area contributed by atoms with E-state index in [9.17, 15) is 0 Å². The molecular formula is C18H24IN3O. The molecule has 0 saturated carbocycles. The topological polar surface area (TPSA) is 45.7 Å². The molecule has 2 aromatic rings. The number of hydrogen-bond donors (Lipinski definition) is 2. The van der Waals surface area contributed by atoms with E-state index >= 15 is 0 Å². The first-order chi connectivity index (χ1) is 10.7. The molecule has 124 valence electrons. The van der Waals surface area contributed by atoms with Crippen molar-refractivity contribution < 1.29 is 4.74 Å². The normalized spacial score (nSPS) is 10.7. The lowest BCUT2D eigenvalue weighted by molar-refractivity contribution is 0.414. The Morgan fingerprint density at radius 3 is 2.26 bits per heavy atom. The van der Waals surface area contributed by atoms with Crippen LogP contribution in [-0.4, -0.2) is 20.1 Å². The van der Waals surface area contributed by atoms with Gasteiger partial charge in [-0.15, -0.1) is 24.0 Å². The molecule has 0 unspecified atom stereocenters. The number of benzene rings is 2. The van der Waals surface area contributed by atoms with Gasteiger partial charge < -0.3 is 15.4 Å². The molecule has 0 saturated heterocycles. The number of ether oxygens (including phenoxy) is 1. The molecule has 0 bridgehead atoms. The summed E-state index contributed by atoms with van der Waals surface area (Å²) in [6, 6.07) is 16.5. The number of rotatable bonds is 5. The van der Waals surface area contributed by atoms with Crippen LogP contribution >= 0.6 is 24.0 Å². The molecule has 0 amide bonds. The van der Waals surface area contributed by atoms with Crippen LogP contribution in [0.1, 0.15) is 16.7 Å². The maximum absolute atomic E-state index is 5.23. The van der Waals surface area contributed by atoms with E-state index in [2.05, 4.69) is 52.9 Å². The Bertz CT molecular complexity index is 626. The minimum Gasteiger partial charge on any atom is -0.497 e. The van der Waals surface area contributed by atoms with E-state index in [-0.39, 0.29) is 24.0 Å². The number of methoxy groups -OCH3 is 1. The van der Waals surface area contributed by atoms with Crippen molar-refractivity contribution in [3.05, 3.63) is 65.2 Å². The summed E-state index contributed by atoms with van der Waals surface area (Å²) in [5, 5.41) is 6.61. The van der Waals surface area contributed by atoms with Crippen LogP contribution < -0.4 is 15.4 Å². The van der Waals surface area contributed by atoms with Gasteiger partial charge >= 0.3 is 0 Å². The Labute approximate surface area is 155 Å². The lowest BCUT2D eigenvalue weighted by atomic mass is 10.1. The fourth-order valence-corrected chi connectivity index (χ4v) is 2.08. The summed E-state index contributed by atoms with van der Waals surface area (Å²) < 4.78 is 5.23. The van der Waals surface area contributed by atoms with E-state index in [0.717, 1.165) is 23.8 Å². The van der Waals surface area contributed by atoms with Crippen molar-refractivity contribution in [3.8, 4) is 5.75 Å². The highest BCUT2D eigenvalue weighted by atomic mass is 127. The molecule has 4 nitrogen and oxygen atoms in total. The van der Waals surface area contributed by atoms with Gasteiger partial charge in [-0.3, -0.25) is 4.99 Å². The Morgan fingerprint density at radius 1 is 1.00 bits per heavy atom. The molecule has 2 N–H and O–H groups in total. The van der Waals surface area contributed by atoms with Crippen LogP contribution in [0.15, 0.2) is 53.5 Å². The maximum Gasteiger partial charge on any atom is 0.191 e. The van der Waals surface area contributed by atoms with Gasteiger partial charge in [0.2, 0.25) is 0 Å². The van der Waals surface area contributed by atoms with Crippen LogP contribution in [0.25, 0.3) is 0 Å². The summed E-state index contributed by atoms with van der Waals surface area (Å²) >= 11 is 0. The number of nitrogens with zero attached hydrogens (tertiary/aromatic N) is 1. The molecule has 0 fully saturated rings. The fourth-order valence-electron chi connectivity index (χ4n) is 2.08. The maximum atomic E-state index is 5.23. The highest BCUT2D eigenvalue weighted by Crippen LogP contribution is 2.12. The second-order valence-corrected chi connectivity index (χ2v) is 5.12. The third kappa shape index (κ3) is 6.48. The molecule has 0 heterocycles. The smallest absolute Gasteiger partial charge is 0.191 e. The van der Waals surface area contributed by atoms with Crippen molar-refractivity contribution in [2.45, 2.75) is 20.0 Å². The summed E-state index contributed by atoms with van der Waals surface area (Å²) in [4.78, 5) is 4.24. The standard InChI is InChI=1S/C18H23N3O.HI/c1-14-7-9-15(10-8-14)12-20-18(19-2)21-13-16-5-4-6-17(11-16)22-3;/h4-11H,12-13H2,1-3H3,(H2,19,20,21);1H. The zero-order chi connectivity index (χ0) is 15.8. The first kappa shape index (κ1) is 19.3. The summed E-state index contributed by atoms with van der Waals surface area (Å²) in [5.74, 6) is 1.64. The Kier molecular flexibility index (Phi) is 8.47. The van der Waals surface area contributed by atoms with Crippen molar-refractivity contribution in [1.82, 2.24) is 10.6 Å². The zero-order valence-corrected chi connectivity index (χ0v) is 16.1. The van der Waals surface area contributed by atoms with Crippen LogP contribution in [0, 0.1) is 6.92 Å². The van der Waals surface area contributed by atoms with Gasteiger partial charge in [0, 0.05) is 20.1 Å². The van der Waals surface area contributed by atoms with Gasteiger partial charge in [-0.05, 0) is 30.2 Å². The molecule has 23 heavy (non-hydrogen) atoms. The zero-order valence-electron chi connectivity index (χ0n) is 13.8. The summed E-state index contributed by atoms with van der Waals surface area (Å²) in [5.41, 5.74) is 3.65. The van der Waals surface area contributed by atoms with Crippen molar-refractivity contribution in [2.24, 2.45) is 4.99 Å². The van der Waals surface area contributed by atoms with Crippen LogP contribution in [0.4, 0.5) is 0 Å². The predicted molar refractivity (Wildman–Crippen MR) is 107 cm³/mol. The number of guanidine groups is 1. The first-order valence-corrected chi connectivity index (χ1v) is 7.34. The van der Waals surface area contributed by atoms with Gasteiger partial charge in [-0.2, -0.15) is 0 Å². The highest BCUT2D eigenvalue weighted by Gasteiger charge is 2.00. The largest absolute Gasteiger partial charge is 0.497 e. The molecule has 0 atom stereocenters. The molecular weight excluding hydrogens is 401 g/mol. The summed E-state index contributed by atoms with van der Waals surface area (Å²) in [7, 11) is 3.45. The lowest BCUT2D eigenvalue weighted by Gasteiger charge is -2.12. The van der Waals surface area contributed by atoms with Gasteiger partial charge in [0.15, 0.2) is 5.96 Å². The number of hydrogen-bond acceptors (Lipinski definition) is 2. The van der Waals surface area contributed by atoms with E-state index in [1.807, 2.05) is 18.2 Å². The van der Waals surface area contributed by atoms with Crippen LogP contribution in [0.2, 0.25) is 0 Å². The van der Waals surface area contributed by atoms with Gasteiger partial charge in [-0.25, -0.2) is 0 Å². The first-order valence-electron chi connectivity index (χ1n) is 7.34. The van der Waals surface area contributed by atoms with Crippen molar-refractivity contribution in [1.29, 1.82) is 0 Å². The quantitative estimate of drug-likeness (QED) is 0.438. The number of nitrogens with one attached hydrogen (secondary N) is 2. The van der Waals surface area contributed by atoms with Crippen LogP contribution in [-0.2, 0) is 13.1 Å². The molecule has 0 radical (unpaired) electrons. The third-order valence-corrected chi connectivity index (χ3v) is 3.40. The summed E-state index contributed by atoms with van der Waals surface area (Å²) in [6.45, 7) is 3.54. The molecule has 0 aliphatic heterocycles. The van der Waals surface area contributed by atoms with E-state index in [4.69, 9.17) is 4.74 Å². The Balaban J connectivity index is 0.00000264. The van der Waals surface area contributed by atoms with E-state index < -0.39 is 0 Å². The second-order valence-electron chi connectivity index (χ2n) is 5.12. The van der Waals surface area contributed by atoms with E-state index in [0.29, 0.717) is 6.54 Å². The molecule has 2 rings (SSSR count). The number of aryl methyl sites for hydroxylation is 1. The minimum atomic E-state index is 0. The lowest BCUT2D eigenvalue weighted by Crippen LogP contribution is -2.36. The average molecular weight is 425 g/mol. The molecule has 0 aliphatic rings. The van der Waals surface area contributed by atoms with Crippen molar-refractivity contribution >= 4 is 29.9 Å². The predicted octanol–water partition coefficient (Wildman–Crippen LogP) is 3.49. The van der Waals surface area contributed by atoms with Gasteiger partial charge in [0.05, 0.1) is 7.11 Å². The Morgan fingerprint density at radius 2 is 1.65 bits per heavy atom. The number of halogens is 1. The molecule has 0 aromatic heterocycles. The molecule has 5 heteroatoms. The second kappa shape index (κ2) is 10.1. The monoisotopic (exact) mass is 425 g/mol. The number of aliphatic imine (C=N–C) groups is 1. The third-order valence-electron chi connectivity index (χ3n) is 3.40. The van der Waals surface area contributed by atoms with E-state index in [1.54, 1.807) is 14.2 Å². The molecule has 0 aliphatic carbocycles. The minimum absolute atomic E-state index is 0. The SMILES string of the molecule is CN=C(NCc1ccc(C)cc1)NCc1cccc(OC)c1.I. The van der Waals surface area contributed by atoms with Gasteiger partial charge in [0.1, 0.15) is 5.75 Å². The van der Waals surface area contributed by atoms with Gasteiger partial charge in [-0.1, -0.05) is 42.0 Å². The highest BCUT2D eigenvalue weighted by molar-refractivity contribution is 14.0. The van der Waals surface area contributed by atoms with Crippen LogP contribution in [0.3, 0.4) is 0 Å². The average Bonchev–Trinajstić information content (AvgIpc) is 2.57. The van der Waals surface area contributed by atoms with Crippen molar-refractivity contribution in [3.63, 3.8) is 0 Å². The van der Waals surface area contributed by atoms with E-state index in [1.165, 1.54) is 11.1 Å². The van der Waals surface area contributed by atoms with Crippen molar-refractivity contribution in [2.75, 3.05) is 14.2 Å².